The Morgan fingerprint density at radius 3 is 2.15 bits per heavy atom. The van der Waals surface area contributed by atoms with Crippen LogP contribution in [-0.2, 0) is 24.9 Å². The van der Waals surface area contributed by atoms with Crippen LogP contribution in [0.15, 0.2) is 90.8 Å². The van der Waals surface area contributed by atoms with E-state index in [4.69, 9.17) is 4.98 Å². The molecule has 0 aliphatic carbocycles. The normalized spacial score (nSPS) is 14.1. The molecule has 1 N–H and O–H groups in total. The van der Waals surface area contributed by atoms with Gasteiger partial charge in [0.05, 0.1) is 8.07 Å². The second-order valence-electron chi connectivity index (χ2n) is 16.0. The van der Waals surface area contributed by atoms with Crippen LogP contribution in [0.5, 0.6) is 0 Å². The summed E-state index contributed by atoms with van der Waals surface area (Å²) >= 11 is 0. The zero-order valence-electron chi connectivity index (χ0n) is 29.8. The van der Waals surface area contributed by atoms with Gasteiger partial charge in [0.2, 0.25) is 0 Å². The van der Waals surface area contributed by atoms with Crippen LogP contribution in [0, 0.1) is 16.9 Å². The number of allylic oxidation sites excluding steroid dienone is 2. The summed E-state index contributed by atoms with van der Waals surface area (Å²) in [5, 5.41) is 23.0. The number of hydrogen-bond donors (Lipinski definition) is 1. The maximum absolute atomic E-state index is 11.5. The summed E-state index contributed by atoms with van der Waals surface area (Å²) in [6.45, 7) is 20.7. The van der Waals surface area contributed by atoms with Crippen molar-refractivity contribution in [3.05, 3.63) is 102 Å². The molecule has 5 heteroatoms. The zero-order chi connectivity index (χ0) is 34.1. The van der Waals surface area contributed by atoms with Gasteiger partial charge in [-0.25, -0.2) is 0 Å². The van der Waals surface area contributed by atoms with Crippen LogP contribution in [0.2, 0.25) is 13.1 Å². The standard InChI is InChI=1S/C32H26NSi.C11H20O2.Ir/c1-19(2)21-10-9-20-11-12-24-25-13-14-33-32-28-16-22-7-5-6-8-23(22)17-29(28)34(3,4)30(31(25)32)18-27(24)26(20)15-21;1-10(2,3)8(12)7-9(13)11(4,5)6;/h5-15,17-19H,1-4H3;7,12H,1-6H3;/q-1;;/b;8-7-;. The molecule has 5 aromatic carbocycles. The molecule has 0 bridgehead atoms. The van der Waals surface area contributed by atoms with Crippen LogP contribution in [-0.4, -0.2) is 23.9 Å². The first-order valence-corrected chi connectivity index (χ1v) is 19.7. The smallest absolute Gasteiger partial charge is 0.164 e. The molecule has 48 heavy (non-hydrogen) atoms. The number of aliphatic hydroxyl groups excluding tert-OH is 1. The van der Waals surface area contributed by atoms with Gasteiger partial charge in [-0.3, -0.25) is 9.78 Å². The minimum absolute atomic E-state index is 0. The summed E-state index contributed by atoms with van der Waals surface area (Å²) in [4.78, 5) is 16.4. The van der Waals surface area contributed by atoms with Crippen LogP contribution in [0.4, 0.5) is 0 Å². The molecule has 0 amide bonds. The van der Waals surface area contributed by atoms with Crippen molar-refractivity contribution in [2.24, 2.45) is 10.8 Å². The van der Waals surface area contributed by atoms with E-state index in [1.54, 1.807) is 0 Å². The number of hydrogen-bond acceptors (Lipinski definition) is 3. The van der Waals surface area contributed by atoms with Crippen molar-refractivity contribution in [3.63, 3.8) is 0 Å². The summed E-state index contributed by atoms with van der Waals surface area (Å²) in [5.74, 6) is 0.614. The molecule has 0 fully saturated rings. The van der Waals surface area contributed by atoms with E-state index in [2.05, 4.69) is 106 Å². The third-order valence-corrected chi connectivity index (χ3v) is 13.2. The molecule has 1 aliphatic rings. The predicted molar refractivity (Wildman–Crippen MR) is 204 cm³/mol. The van der Waals surface area contributed by atoms with Crippen LogP contribution in [0.1, 0.15) is 66.9 Å². The maximum atomic E-state index is 11.5. The number of nitrogens with zero attached hydrogens (tertiary/aromatic N) is 1. The number of aliphatic hydroxyl groups is 1. The van der Waals surface area contributed by atoms with Gasteiger partial charge in [-0.2, -0.15) is 0 Å². The summed E-state index contributed by atoms with van der Waals surface area (Å²) < 4.78 is 0. The first-order chi connectivity index (χ1) is 22.0. The molecule has 2 heterocycles. The van der Waals surface area contributed by atoms with E-state index < -0.39 is 13.5 Å². The Balaban J connectivity index is 0.000000277. The van der Waals surface area contributed by atoms with E-state index in [1.807, 2.05) is 47.7 Å². The fourth-order valence-corrected chi connectivity index (χ4v) is 9.51. The molecular formula is C43H46IrNO2Si-. The molecule has 6 aromatic rings. The van der Waals surface area contributed by atoms with E-state index in [1.165, 1.54) is 70.7 Å². The van der Waals surface area contributed by atoms with Gasteiger partial charge in [0.1, 0.15) is 5.76 Å². The maximum Gasteiger partial charge on any atom is 0.164 e. The van der Waals surface area contributed by atoms with E-state index >= 15 is 0 Å². The number of carbonyl (C=O) groups is 1. The van der Waals surface area contributed by atoms with Crippen molar-refractivity contribution in [2.45, 2.75) is 74.4 Å². The van der Waals surface area contributed by atoms with Crippen LogP contribution < -0.4 is 10.4 Å². The largest absolute Gasteiger partial charge is 0.512 e. The fourth-order valence-electron chi connectivity index (χ4n) is 6.52. The second-order valence-corrected chi connectivity index (χ2v) is 20.3. The number of ketones is 1. The van der Waals surface area contributed by atoms with Crippen molar-refractivity contribution in [1.82, 2.24) is 4.98 Å². The Kier molecular flexibility index (Phi) is 9.42. The molecule has 0 atom stereocenters. The fraction of sp³-hybridized carbons (Fsp3) is 0.302. The van der Waals surface area contributed by atoms with Gasteiger partial charge in [0.25, 0.3) is 0 Å². The molecule has 1 radical (unpaired) electrons. The number of benzene rings is 5. The zero-order valence-corrected chi connectivity index (χ0v) is 33.2. The van der Waals surface area contributed by atoms with Crippen LogP contribution >= 0.6 is 0 Å². The third-order valence-electron chi connectivity index (χ3n) is 9.70. The van der Waals surface area contributed by atoms with Gasteiger partial charge in [-0.15, -0.1) is 28.8 Å². The van der Waals surface area contributed by atoms with E-state index in [0.29, 0.717) is 5.92 Å². The summed E-state index contributed by atoms with van der Waals surface area (Å²) in [5.41, 5.74) is 2.93. The number of aromatic nitrogens is 1. The Labute approximate surface area is 299 Å². The Morgan fingerprint density at radius 2 is 1.48 bits per heavy atom. The van der Waals surface area contributed by atoms with Gasteiger partial charge in [-0.05, 0) is 49.9 Å². The molecule has 0 spiro atoms. The van der Waals surface area contributed by atoms with Crippen LogP contribution in [0.25, 0.3) is 54.3 Å². The van der Waals surface area contributed by atoms with Crippen molar-refractivity contribution < 1.29 is 30.0 Å². The second kappa shape index (κ2) is 12.7. The minimum Gasteiger partial charge on any atom is -0.512 e. The molecule has 3 nitrogen and oxygen atoms in total. The van der Waals surface area contributed by atoms with E-state index in [-0.39, 0.29) is 37.1 Å². The molecule has 1 aliphatic heterocycles. The van der Waals surface area contributed by atoms with Gasteiger partial charge in [0, 0.05) is 48.9 Å². The van der Waals surface area contributed by atoms with Crippen molar-refractivity contribution >= 4 is 67.3 Å². The molecule has 0 unspecified atom stereocenters. The average Bonchev–Trinajstić information content (AvgIpc) is 3.01. The van der Waals surface area contributed by atoms with Gasteiger partial charge in [-0.1, -0.05) is 139 Å². The Morgan fingerprint density at radius 1 is 0.792 bits per heavy atom. The quantitative estimate of drug-likeness (QED) is 0.0622. The van der Waals surface area contributed by atoms with Gasteiger partial charge in [0.15, 0.2) is 5.78 Å². The molecule has 0 saturated heterocycles. The topological polar surface area (TPSA) is 50.2 Å². The Bertz CT molecular complexity index is 2250. The summed E-state index contributed by atoms with van der Waals surface area (Å²) in [6.07, 6.45) is 3.32. The molecule has 249 valence electrons. The number of fused-ring (bicyclic) bond motifs is 7. The first-order valence-electron chi connectivity index (χ1n) is 16.7. The average molecular weight is 829 g/mol. The first kappa shape index (κ1) is 35.7. The van der Waals surface area contributed by atoms with Gasteiger partial charge < -0.3 is 5.11 Å². The number of pyridine rings is 1. The van der Waals surface area contributed by atoms with E-state index in [9.17, 15) is 9.90 Å². The van der Waals surface area contributed by atoms with Gasteiger partial charge >= 0.3 is 0 Å². The molecule has 1 aromatic heterocycles. The van der Waals surface area contributed by atoms with Crippen molar-refractivity contribution in [2.75, 3.05) is 0 Å². The van der Waals surface area contributed by atoms with E-state index in [0.717, 1.165) is 5.69 Å². The number of rotatable bonds is 2. The van der Waals surface area contributed by atoms with Crippen molar-refractivity contribution in [1.29, 1.82) is 0 Å². The minimum atomic E-state index is -1.99. The van der Waals surface area contributed by atoms with Crippen LogP contribution in [0.3, 0.4) is 0 Å². The Hall–Kier alpha value is -3.63. The number of carbonyl (C=O) groups excluding carboxylic acids is 1. The third kappa shape index (κ3) is 6.29. The van der Waals surface area contributed by atoms with Crippen molar-refractivity contribution in [3.8, 4) is 11.3 Å². The predicted octanol–water partition coefficient (Wildman–Crippen LogP) is 10.5. The molecule has 7 rings (SSSR count). The summed E-state index contributed by atoms with van der Waals surface area (Å²) in [7, 11) is -1.99. The monoisotopic (exact) mass is 829 g/mol. The summed E-state index contributed by atoms with van der Waals surface area (Å²) in [6, 6.07) is 31.1. The SMILES string of the molecule is CC(C)(C)C(=O)/C=C(\O)C(C)(C)C.CC(C)c1ccc2ccc3c4ccnc5c4c(cc3c2c1)[Si](C)(C)c1cc2ccccc2[c-]c1-5.[Ir]. The molecular weight excluding hydrogens is 783 g/mol. The molecule has 0 saturated carbocycles.